The van der Waals surface area contributed by atoms with Crippen LogP contribution in [0, 0.1) is 0 Å². The number of halogens is 1. The van der Waals surface area contributed by atoms with Crippen LogP contribution in [0.5, 0.6) is 5.75 Å². The van der Waals surface area contributed by atoms with E-state index in [1.54, 1.807) is 7.11 Å². The lowest BCUT2D eigenvalue weighted by Gasteiger charge is -2.10. The monoisotopic (exact) mass is 300 g/mol. The quantitative estimate of drug-likeness (QED) is 0.743. The molecule has 112 valence electrons. The van der Waals surface area contributed by atoms with E-state index < -0.39 is 5.54 Å². The first-order chi connectivity index (χ1) is 9.14. The minimum Gasteiger partial charge on any atom is -0.491 e. The molecule has 1 aliphatic rings. The van der Waals surface area contributed by atoms with E-state index in [1.807, 2.05) is 24.3 Å². The van der Waals surface area contributed by atoms with Crippen molar-refractivity contribution in [2.45, 2.75) is 24.9 Å². The highest BCUT2D eigenvalue weighted by atomic mass is 35.5. The molecule has 6 heteroatoms. The summed E-state index contributed by atoms with van der Waals surface area (Å²) in [5.74, 6) is 0.734. The summed E-state index contributed by atoms with van der Waals surface area (Å²) in [6.07, 6.45) is 1.57. The van der Waals surface area contributed by atoms with Gasteiger partial charge in [-0.05, 0) is 30.5 Å². The molecule has 0 aromatic heterocycles. The van der Waals surface area contributed by atoms with Crippen LogP contribution in [0.1, 0.15) is 18.4 Å². The second kappa shape index (κ2) is 7.47. The van der Waals surface area contributed by atoms with Crippen molar-refractivity contribution in [2.75, 3.05) is 20.3 Å². The zero-order valence-electron chi connectivity index (χ0n) is 11.6. The Morgan fingerprint density at radius 2 is 1.95 bits per heavy atom. The SMILES string of the molecule is COCCOc1ccc(CNC(=O)C2(N)CC2)cc1.Cl. The molecule has 1 fully saturated rings. The van der Waals surface area contributed by atoms with Crippen molar-refractivity contribution in [3.63, 3.8) is 0 Å². The summed E-state index contributed by atoms with van der Waals surface area (Å²) >= 11 is 0. The largest absolute Gasteiger partial charge is 0.491 e. The maximum absolute atomic E-state index is 11.7. The summed E-state index contributed by atoms with van der Waals surface area (Å²) in [4.78, 5) is 11.7. The van der Waals surface area contributed by atoms with Crippen molar-refractivity contribution < 1.29 is 14.3 Å². The molecule has 1 amide bonds. The van der Waals surface area contributed by atoms with Crippen molar-refractivity contribution >= 4 is 18.3 Å². The van der Waals surface area contributed by atoms with Gasteiger partial charge in [-0.25, -0.2) is 0 Å². The third-order valence-corrected chi connectivity index (χ3v) is 3.17. The fourth-order valence-corrected chi connectivity index (χ4v) is 1.67. The Bertz CT molecular complexity index is 433. The van der Waals surface area contributed by atoms with Crippen LogP contribution < -0.4 is 15.8 Å². The summed E-state index contributed by atoms with van der Waals surface area (Å²) in [5.41, 5.74) is 6.22. The van der Waals surface area contributed by atoms with Crippen molar-refractivity contribution in [3.8, 4) is 5.75 Å². The highest BCUT2D eigenvalue weighted by molar-refractivity contribution is 5.88. The molecule has 3 N–H and O–H groups in total. The predicted octanol–water partition coefficient (Wildman–Crippen LogP) is 1.24. The van der Waals surface area contributed by atoms with E-state index in [4.69, 9.17) is 15.2 Å². The Labute approximate surface area is 125 Å². The van der Waals surface area contributed by atoms with E-state index in [9.17, 15) is 4.79 Å². The first kappa shape index (κ1) is 16.8. The van der Waals surface area contributed by atoms with Gasteiger partial charge < -0.3 is 20.5 Å². The first-order valence-corrected chi connectivity index (χ1v) is 6.42. The number of nitrogens with one attached hydrogen (secondary N) is 1. The normalized spacial score (nSPS) is 15.1. The summed E-state index contributed by atoms with van der Waals surface area (Å²) in [6, 6.07) is 7.62. The Balaban J connectivity index is 0.00000200. The van der Waals surface area contributed by atoms with Crippen LogP contribution >= 0.6 is 12.4 Å². The number of hydrogen-bond acceptors (Lipinski definition) is 4. The number of carbonyl (C=O) groups excluding carboxylic acids is 1. The Morgan fingerprint density at radius 3 is 2.50 bits per heavy atom. The zero-order valence-corrected chi connectivity index (χ0v) is 12.4. The van der Waals surface area contributed by atoms with Gasteiger partial charge in [-0.2, -0.15) is 0 Å². The fourth-order valence-electron chi connectivity index (χ4n) is 1.67. The number of hydrogen-bond donors (Lipinski definition) is 2. The molecule has 0 aliphatic heterocycles. The molecule has 0 bridgehead atoms. The maximum Gasteiger partial charge on any atom is 0.240 e. The van der Waals surface area contributed by atoms with Crippen LogP contribution in [0.25, 0.3) is 0 Å². The Hall–Kier alpha value is -1.30. The van der Waals surface area contributed by atoms with Crippen molar-refractivity contribution in [1.29, 1.82) is 0 Å². The van der Waals surface area contributed by atoms with Gasteiger partial charge in [0, 0.05) is 13.7 Å². The van der Waals surface area contributed by atoms with Crippen LogP contribution in [0.2, 0.25) is 0 Å². The van der Waals surface area contributed by atoms with Gasteiger partial charge in [0.15, 0.2) is 0 Å². The van der Waals surface area contributed by atoms with E-state index in [0.717, 1.165) is 24.2 Å². The molecular formula is C14H21ClN2O3. The van der Waals surface area contributed by atoms with Crippen molar-refractivity contribution in [2.24, 2.45) is 5.73 Å². The molecule has 1 aromatic carbocycles. The first-order valence-electron chi connectivity index (χ1n) is 6.42. The molecule has 5 nitrogen and oxygen atoms in total. The minimum atomic E-state index is -0.608. The molecular weight excluding hydrogens is 280 g/mol. The second-order valence-electron chi connectivity index (χ2n) is 4.82. The standard InChI is InChI=1S/C14H20N2O3.ClH/c1-18-8-9-19-12-4-2-11(3-5-12)10-16-13(17)14(15)6-7-14;/h2-5H,6-10,15H2,1H3,(H,16,17);1H. The number of nitrogens with two attached hydrogens (primary N) is 1. The summed E-state index contributed by atoms with van der Waals surface area (Å²) in [7, 11) is 1.64. The molecule has 1 aromatic rings. The van der Waals surface area contributed by atoms with E-state index >= 15 is 0 Å². The maximum atomic E-state index is 11.7. The minimum absolute atomic E-state index is 0. The van der Waals surface area contributed by atoms with Crippen LogP contribution in [0.15, 0.2) is 24.3 Å². The Kier molecular flexibility index (Phi) is 6.26. The molecule has 0 saturated heterocycles. The Morgan fingerprint density at radius 1 is 1.30 bits per heavy atom. The average Bonchev–Trinajstić information content (AvgIpc) is 3.17. The molecule has 0 heterocycles. The van der Waals surface area contributed by atoms with Gasteiger partial charge in [0.25, 0.3) is 0 Å². The van der Waals surface area contributed by atoms with Crippen LogP contribution in [0.4, 0.5) is 0 Å². The molecule has 1 aliphatic carbocycles. The van der Waals surface area contributed by atoms with Gasteiger partial charge in [-0.15, -0.1) is 12.4 Å². The van der Waals surface area contributed by atoms with Crippen LogP contribution in [0.3, 0.4) is 0 Å². The zero-order chi connectivity index (χ0) is 13.7. The number of amides is 1. The topological polar surface area (TPSA) is 73.6 Å². The summed E-state index contributed by atoms with van der Waals surface area (Å²) in [6.45, 7) is 1.59. The van der Waals surface area contributed by atoms with Gasteiger partial charge >= 0.3 is 0 Å². The smallest absolute Gasteiger partial charge is 0.240 e. The number of rotatable bonds is 7. The number of benzene rings is 1. The van der Waals surface area contributed by atoms with E-state index in [0.29, 0.717) is 19.8 Å². The highest BCUT2D eigenvalue weighted by Gasteiger charge is 2.45. The molecule has 0 spiro atoms. The lowest BCUT2D eigenvalue weighted by molar-refractivity contribution is -0.123. The number of carbonyl (C=O) groups is 1. The van der Waals surface area contributed by atoms with Gasteiger partial charge in [0.2, 0.25) is 5.91 Å². The van der Waals surface area contributed by atoms with Crippen LogP contribution in [-0.2, 0) is 16.1 Å². The average molecular weight is 301 g/mol. The summed E-state index contributed by atoms with van der Waals surface area (Å²) < 4.78 is 10.4. The van der Waals surface area contributed by atoms with Gasteiger partial charge in [-0.1, -0.05) is 12.1 Å². The predicted molar refractivity (Wildman–Crippen MR) is 79.1 cm³/mol. The van der Waals surface area contributed by atoms with Gasteiger partial charge in [-0.3, -0.25) is 4.79 Å². The molecule has 0 atom stereocenters. The second-order valence-corrected chi connectivity index (χ2v) is 4.82. The lowest BCUT2D eigenvalue weighted by atomic mass is 10.2. The molecule has 0 radical (unpaired) electrons. The summed E-state index contributed by atoms with van der Waals surface area (Å²) in [5, 5.41) is 2.85. The van der Waals surface area contributed by atoms with Crippen molar-refractivity contribution in [3.05, 3.63) is 29.8 Å². The highest BCUT2D eigenvalue weighted by Crippen LogP contribution is 2.32. The van der Waals surface area contributed by atoms with E-state index in [2.05, 4.69) is 5.32 Å². The van der Waals surface area contributed by atoms with Crippen molar-refractivity contribution in [1.82, 2.24) is 5.32 Å². The van der Waals surface area contributed by atoms with Gasteiger partial charge in [0.1, 0.15) is 12.4 Å². The molecule has 0 unspecified atom stereocenters. The fraction of sp³-hybridized carbons (Fsp3) is 0.500. The third-order valence-electron chi connectivity index (χ3n) is 3.17. The van der Waals surface area contributed by atoms with E-state index in [1.165, 1.54) is 0 Å². The number of methoxy groups -OCH3 is 1. The van der Waals surface area contributed by atoms with E-state index in [-0.39, 0.29) is 18.3 Å². The third kappa shape index (κ3) is 4.67. The molecule has 1 saturated carbocycles. The number of ether oxygens (including phenoxy) is 2. The van der Waals surface area contributed by atoms with Gasteiger partial charge in [0.05, 0.1) is 12.1 Å². The van der Waals surface area contributed by atoms with Crippen LogP contribution in [-0.4, -0.2) is 31.8 Å². The molecule has 20 heavy (non-hydrogen) atoms. The lowest BCUT2D eigenvalue weighted by Crippen LogP contribution is -2.42. The molecule has 2 rings (SSSR count).